The molecule has 19 heavy (non-hydrogen) atoms. The van der Waals surface area contributed by atoms with E-state index in [1.165, 1.54) is 0 Å². The summed E-state index contributed by atoms with van der Waals surface area (Å²) in [5.74, 6) is -0.626. The highest BCUT2D eigenvalue weighted by Gasteiger charge is 2.28. The second-order valence-electron chi connectivity index (χ2n) is 4.51. The molecule has 0 aliphatic carbocycles. The maximum absolute atomic E-state index is 11.9. The molecule has 5 nitrogen and oxygen atoms in total. The number of carbonyl (C=O) groups excluding carboxylic acids is 1. The van der Waals surface area contributed by atoms with Gasteiger partial charge >= 0.3 is 6.18 Å². The molecule has 1 atom stereocenters. The number of carbonyl (C=O) groups is 1. The molecule has 0 spiro atoms. The average Bonchev–Trinajstić information content (AvgIpc) is 2.35. The largest absolute Gasteiger partial charge is 0.405 e. The zero-order valence-electron chi connectivity index (χ0n) is 10.7. The summed E-state index contributed by atoms with van der Waals surface area (Å²) in [5.41, 5.74) is 0. The van der Waals surface area contributed by atoms with Gasteiger partial charge in [-0.05, 0) is 6.92 Å². The average molecular weight is 278 g/mol. The van der Waals surface area contributed by atoms with E-state index in [2.05, 4.69) is 6.07 Å². The first kappa shape index (κ1) is 15.7. The highest BCUT2D eigenvalue weighted by molar-refractivity contribution is 5.78. The molecular formula is C11H17F3N4O. The van der Waals surface area contributed by atoms with Gasteiger partial charge in [-0.15, -0.1) is 0 Å². The second-order valence-corrected chi connectivity index (χ2v) is 4.51. The molecule has 1 aliphatic rings. The summed E-state index contributed by atoms with van der Waals surface area (Å²) in [7, 11) is 0. The van der Waals surface area contributed by atoms with E-state index >= 15 is 0 Å². The Hall–Kier alpha value is -1.33. The number of nitriles is 1. The lowest BCUT2D eigenvalue weighted by Crippen LogP contribution is -2.52. The first-order valence-corrected chi connectivity index (χ1v) is 6.01. The molecule has 0 saturated carbocycles. The van der Waals surface area contributed by atoms with Crippen molar-refractivity contribution in [1.82, 2.24) is 15.1 Å². The Morgan fingerprint density at radius 1 is 1.37 bits per heavy atom. The Morgan fingerprint density at radius 3 is 2.42 bits per heavy atom. The first-order valence-electron chi connectivity index (χ1n) is 6.01. The van der Waals surface area contributed by atoms with Gasteiger partial charge in [0.2, 0.25) is 5.91 Å². The van der Waals surface area contributed by atoms with Crippen LogP contribution in [0.15, 0.2) is 0 Å². The molecule has 1 rings (SSSR count). The Bertz CT molecular complexity index is 345. The van der Waals surface area contributed by atoms with Gasteiger partial charge in [0.05, 0.1) is 18.7 Å². The molecule has 0 aromatic rings. The van der Waals surface area contributed by atoms with Crippen molar-refractivity contribution in [1.29, 1.82) is 5.26 Å². The van der Waals surface area contributed by atoms with Crippen molar-refractivity contribution in [3.05, 3.63) is 0 Å². The van der Waals surface area contributed by atoms with Gasteiger partial charge < -0.3 is 5.32 Å². The smallest absolute Gasteiger partial charge is 0.346 e. The number of rotatable bonds is 4. The van der Waals surface area contributed by atoms with E-state index in [1.807, 2.05) is 10.2 Å². The molecule has 8 heteroatoms. The van der Waals surface area contributed by atoms with Gasteiger partial charge in [0, 0.05) is 26.2 Å². The standard InChI is InChI=1S/C11H17F3N4O/c1-9(6-15)18-4-2-17(3-5-18)7-10(19)16-8-11(12,13)14/h9H,2-5,7-8H2,1H3,(H,16,19). The normalized spacial score (nSPS) is 19.7. The van der Waals surface area contributed by atoms with Gasteiger partial charge in [0.25, 0.3) is 0 Å². The predicted molar refractivity (Wildman–Crippen MR) is 62.2 cm³/mol. The maximum atomic E-state index is 11.9. The van der Waals surface area contributed by atoms with Crippen LogP contribution in [0.5, 0.6) is 0 Å². The number of alkyl halides is 3. The zero-order valence-corrected chi connectivity index (χ0v) is 10.7. The van der Waals surface area contributed by atoms with Gasteiger partial charge in [-0.1, -0.05) is 0 Å². The molecule has 0 aromatic carbocycles. The first-order chi connectivity index (χ1) is 8.81. The van der Waals surface area contributed by atoms with E-state index < -0.39 is 18.6 Å². The van der Waals surface area contributed by atoms with Crippen molar-refractivity contribution in [2.75, 3.05) is 39.3 Å². The van der Waals surface area contributed by atoms with Crippen LogP contribution < -0.4 is 5.32 Å². The fourth-order valence-electron chi connectivity index (χ4n) is 1.85. The predicted octanol–water partition coefficient (Wildman–Crippen LogP) is 0.195. The lowest BCUT2D eigenvalue weighted by atomic mass is 10.2. The Morgan fingerprint density at radius 2 is 1.95 bits per heavy atom. The third-order valence-electron chi connectivity index (χ3n) is 2.99. The van der Waals surface area contributed by atoms with E-state index in [-0.39, 0.29) is 12.6 Å². The minimum atomic E-state index is -4.38. The van der Waals surface area contributed by atoms with Crippen molar-refractivity contribution < 1.29 is 18.0 Å². The number of halogens is 3. The number of amides is 1. The van der Waals surface area contributed by atoms with Crippen LogP contribution in [0.1, 0.15) is 6.92 Å². The van der Waals surface area contributed by atoms with Crippen molar-refractivity contribution in [3.63, 3.8) is 0 Å². The number of piperazine rings is 1. The van der Waals surface area contributed by atoms with Crippen LogP contribution in [-0.2, 0) is 4.79 Å². The third kappa shape index (κ3) is 5.89. The van der Waals surface area contributed by atoms with Gasteiger partial charge in [0.15, 0.2) is 0 Å². The highest BCUT2D eigenvalue weighted by Crippen LogP contribution is 2.12. The van der Waals surface area contributed by atoms with Crippen LogP contribution in [-0.4, -0.2) is 67.2 Å². The number of hydrogen-bond acceptors (Lipinski definition) is 4. The second kappa shape index (κ2) is 6.73. The lowest BCUT2D eigenvalue weighted by Gasteiger charge is -2.35. The van der Waals surface area contributed by atoms with Crippen LogP contribution in [0.3, 0.4) is 0 Å². The molecule has 1 heterocycles. The quantitative estimate of drug-likeness (QED) is 0.798. The number of nitrogens with zero attached hydrogens (tertiary/aromatic N) is 3. The summed E-state index contributed by atoms with van der Waals surface area (Å²) >= 11 is 0. The van der Waals surface area contributed by atoms with Crippen LogP contribution in [0.4, 0.5) is 13.2 Å². The van der Waals surface area contributed by atoms with E-state index in [9.17, 15) is 18.0 Å². The summed E-state index contributed by atoms with van der Waals surface area (Å²) in [4.78, 5) is 15.1. The van der Waals surface area contributed by atoms with E-state index in [0.717, 1.165) is 0 Å². The van der Waals surface area contributed by atoms with Crippen molar-refractivity contribution in [3.8, 4) is 6.07 Å². The van der Waals surface area contributed by atoms with Crippen LogP contribution >= 0.6 is 0 Å². The summed E-state index contributed by atoms with van der Waals surface area (Å²) in [5, 5.41) is 10.6. The van der Waals surface area contributed by atoms with Gasteiger partial charge in [-0.2, -0.15) is 18.4 Å². The Labute approximate surface area is 110 Å². The molecule has 1 unspecified atom stereocenters. The fourth-order valence-corrected chi connectivity index (χ4v) is 1.85. The fraction of sp³-hybridized carbons (Fsp3) is 0.818. The molecule has 0 radical (unpaired) electrons. The Kier molecular flexibility index (Phi) is 5.57. The topological polar surface area (TPSA) is 59.4 Å². The summed E-state index contributed by atoms with van der Waals surface area (Å²) in [6.45, 7) is 2.90. The van der Waals surface area contributed by atoms with E-state index in [1.54, 1.807) is 11.8 Å². The highest BCUT2D eigenvalue weighted by atomic mass is 19.4. The molecule has 1 saturated heterocycles. The van der Waals surface area contributed by atoms with E-state index in [0.29, 0.717) is 26.2 Å². The molecule has 0 bridgehead atoms. The third-order valence-corrected chi connectivity index (χ3v) is 2.99. The minimum Gasteiger partial charge on any atom is -0.346 e. The van der Waals surface area contributed by atoms with Gasteiger partial charge in [-0.3, -0.25) is 14.6 Å². The van der Waals surface area contributed by atoms with Crippen molar-refractivity contribution in [2.24, 2.45) is 0 Å². The zero-order chi connectivity index (χ0) is 14.5. The molecule has 1 aliphatic heterocycles. The Balaban J connectivity index is 2.26. The number of nitrogens with one attached hydrogen (secondary N) is 1. The molecule has 1 N–H and O–H groups in total. The van der Waals surface area contributed by atoms with Crippen molar-refractivity contribution >= 4 is 5.91 Å². The molecule has 1 amide bonds. The summed E-state index contributed by atoms with van der Waals surface area (Å²) in [6.07, 6.45) is -4.38. The molecule has 108 valence electrons. The number of hydrogen-bond donors (Lipinski definition) is 1. The van der Waals surface area contributed by atoms with E-state index in [4.69, 9.17) is 5.26 Å². The SMILES string of the molecule is CC(C#N)N1CCN(CC(=O)NCC(F)(F)F)CC1. The molecule has 1 fully saturated rings. The lowest BCUT2D eigenvalue weighted by molar-refractivity contribution is -0.139. The van der Waals surface area contributed by atoms with Gasteiger partial charge in [0.1, 0.15) is 6.54 Å². The van der Waals surface area contributed by atoms with Crippen LogP contribution in [0.2, 0.25) is 0 Å². The van der Waals surface area contributed by atoms with Crippen LogP contribution in [0.25, 0.3) is 0 Å². The summed E-state index contributed by atoms with van der Waals surface area (Å²) < 4.78 is 35.7. The summed E-state index contributed by atoms with van der Waals surface area (Å²) in [6, 6.07) is 1.95. The molecule has 0 aromatic heterocycles. The van der Waals surface area contributed by atoms with Gasteiger partial charge in [-0.25, -0.2) is 0 Å². The molecular weight excluding hydrogens is 261 g/mol. The van der Waals surface area contributed by atoms with Crippen molar-refractivity contribution in [2.45, 2.75) is 19.1 Å². The monoisotopic (exact) mass is 278 g/mol. The minimum absolute atomic E-state index is 0.0369. The van der Waals surface area contributed by atoms with Crippen LogP contribution in [0, 0.1) is 11.3 Å². The maximum Gasteiger partial charge on any atom is 0.405 e.